The largest absolute Gasteiger partial charge is 0.394 e. The van der Waals surface area contributed by atoms with Crippen molar-refractivity contribution in [2.24, 2.45) is 5.92 Å². The average Bonchev–Trinajstić information content (AvgIpc) is 2.79. The number of fused-ring (bicyclic) bond motifs is 1. The number of amides is 1. The van der Waals surface area contributed by atoms with Crippen LogP contribution in [0.4, 0.5) is 0 Å². The molecule has 2 rings (SSSR count). The molecule has 0 aromatic carbocycles. The monoisotopic (exact) mass is 248 g/mol. The van der Waals surface area contributed by atoms with E-state index in [2.05, 4.69) is 15.4 Å². The number of rotatable bonds is 4. The quantitative estimate of drug-likeness (QED) is 0.824. The maximum atomic E-state index is 12.1. The van der Waals surface area contributed by atoms with E-state index >= 15 is 0 Å². The van der Waals surface area contributed by atoms with Gasteiger partial charge in [0.05, 0.1) is 36.1 Å². The van der Waals surface area contributed by atoms with Gasteiger partial charge in [0.2, 0.25) is 0 Å². The van der Waals surface area contributed by atoms with Crippen molar-refractivity contribution in [3.8, 4) is 0 Å². The topological polar surface area (TPSA) is 79.5 Å². The van der Waals surface area contributed by atoms with Gasteiger partial charge in [0.1, 0.15) is 0 Å². The minimum absolute atomic E-state index is 0.0825. The number of hydrogen-bond acceptors (Lipinski definition) is 4. The first-order valence-electron chi connectivity index (χ1n) is 5.82. The van der Waals surface area contributed by atoms with Gasteiger partial charge in [-0.15, -0.1) is 0 Å². The van der Waals surface area contributed by atoms with Gasteiger partial charge in [-0.05, 0) is 5.92 Å². The lowest BCUT2D eigenvalue weighted by Crippen LogP contribution is -2.41. The van der Waals surface area contributed by atoms with Gasteiger partial charge in [-0.3, -0.25) is 9.78 Å². The van der Waals surface area contributed by atoms with Crippen molar-refractivity contribution in [1.29, 1.82) is 0 Å². The zero-order valence-electron chi connectivity index (χ0n) is 10.4. The van der Waals surface area contributed by atoms with Crippen molar-refractivity contribution in [3.05, 3.63) is 30.4 Å². The standard InChI is InChI=1S/C12H16N4O2/c1-8(2)10(7-17)15-12(18)9-5-14-16-4-3-13-6-11(9)16/h3-6,8,10,17H,7H2,1-2H3,(H,15,18)/t10-/m1/s1. The zero-order chi connectivity index (χ0) is 13.1. The Morgan fingerprint density at radius 1 is 1.50 bits per heavy atom. The molecular formula is C12H16N4O2. The van der Waals surface area contributed by atoms with Gasteiger partial charge in [-0.1, -0.05) is 13.8 Å². The molecule has 18 heavy (non-hydrogen) atoms. The third-order valence-corrected chi connectivity index (χ3v) is 2.89. The molecule has 2 heterocycles. The van der Waals surface area contributed by atoms with Crippen LogP contribution in [0.5, 0.6) is 0 Å². The predicted molar refractivity (Wildman–Crippen MR) is 66.2 cm³/mol. The van der Waals surface area contributed by atoms with Gasteiger partial charge in [-0.25, -0.2) is 4.52 Å². The average molecular weight is 248 g/mol. The fraction of sp³-hybridized carbons (Fsp3) is 0.417. The molecule has 2 N–H and O–H groups in total. The van der Waals surface area contributed by atoms with Gasteiger partial charge in [0, 0.05) is 12.4 Å². The number of nitrogens with one attached hydrogen (secondary N) is 1. The summed E-state index contributed by atoms with van der Waals surface area (Å²) in [5.41, 5.74) is 1.11. The van der Waals surface area contributed by atoms with E-state index in [1.165, 1.54) is 6.20 Å². The minimum Gasteiger partial charge on any atom is -0.394 e. The second kappa shape index (κ2) is 5.14. The first-order valence-corrected chi connectivity index (χ1v) is 5.82. The van der Waals surface area contributed by atoms with Crippen molar-refractivity contribution in [3.63, 3.8) is 0 Å². The van der Waals surface area contributed by atoms with Crippen LogP contribution in [-0.2, 0) is 0 Å². The van der Waals surface area contributed by atoms with Crippen LogP contribution in [0.1, 0.15) is 24.2 Å². The Kier molecular flexibility index (Phi) is 3.57. The SMILES string of the molecule is CC(C)[C@@H](CO)NC(=O)c1cnn2ccncc12. The van der Waals surface area contributed by atoms with Crippen molar-refractivity contribution in [1.82, 2.24) is 19.9 Å². The Balaban J connectivity index is 2.23. The van der Waals surface area contributed by atoms with E-state index in [1.807, 2.05) is 13.8 Å². The molecule has 0 fully saturated rings. The van der Waals surface area contributed by atoms with E-state index in [1.54, 1.807) is 23.1 Å². The maximum Gasteiger partial charge on any atom is 0.255 e. The first-order chi connectivity index (χ1) is 8.63. The molecule has 0 spiro atoms. The Morgan fingerprint density at radius 3 is 2.94 bits per heavy atom. The maximum absolute atomic E-state index is 12.1. The lowest BCUT2D eigenvalue weighted by atomic mass is 10.1. The van der Waals surface area contributed by atoms with Gasteiger partial charge < -0.3 is 10.4 Å². The summed E-state index contributed by atoms with van der Waals surface area (Å²) in [4.78, 5) is 16.1. The van der Waals surface area contributed by atoms with Crippen LogP contribution in [0, 0.1) is 5.92 Å². The van der Waals surface area contributed by atoms with E-state index in [4.69, 9.17) is 0 Å². The fourth-order valence-corrected chi connectivity index (χ4v) is 1.68. The van der Waals surface area contributed by atoms with Crippen molar-refractivity contribution in [2.45, 2.75) is 19.9 Å². The molecule has 0 saturated carbocycles. The summed E-state index contributed by atoms with van der Waals surface area (Å²) in [6.45, 7) is 3.80. The van der Waals surface area contributed by atoms with Gasteiger partial charge in [0.25, 0.3) is 5.91 Å². The number of aromatic nitrogens is 3. The molecule has 96 valence electrons. The van der Waals surface area contributed by atoms with Crippen LogP contribution in [-0.4, -0.2) is 38.3 Å². The van der Waals surface area contributed by atoms with Gasteiger partial charge in [-0.2, -0.15) is 5.10 Å². The third kappa shape index (κ3) is 2.33. The summed E-state index contributed by atoms with van der Waals surface area (Å²) in [5, 5.41) is 16.1. The number of carbonyl (C=O) groups excluding carboxylic acids is 1. The molecular weight excluding hydrogens is 232 g/mol. The van der Waals surface area contributed by atoms with Crippen LogP contribution in [0.25, 0.3) is 5.52 Å². The second-order valence-corrected chi connectivity index (χ2v) is 4.47. The lowest BCUT2D eigenvalue weighted by molar-refractivity contribution is 0.0898. The first kappa shape index (κ1) is 12.5. The van der Waals surface area contributed by atoms with E-state index in [-0.39, 0.29) is 24.5 Å². The van der Waals surface area contributed by atoms with E-state index in [0.717, 1.165) is 0 Å². The summed E-state index contributed by atoms with van der Waals surface area (Å²) in [5.74, 6) is -0.0790. The molecule has 6 heteroatoms. The molecule has 0 saturated heterocycles. The van der Waals surface area contributed by atoms with Crippen LogP contribution >= 0.6 is 0 Å². The number of aliphatic hydroxyl groups is 1. The molecule has 0 aliphatic carbocycles. The summed E-state index contributed by atoms with van der Waals surface area (Å²) in [6.07, 6.45) is 6.37. The highest BCUT2D eigenvalue weighted by Gasteiger charge is 2.18. The predicted octanol–water partition coefficient (Wildman–Crippen LogP) is 0.476. The summed E-state index contributed by atoms with van der Waals surface area (Å²) < 4.78 is 1.59. The van der Waals surface area contributed by atoms with E-state index in [9.17, 15) is 9.90 Å². The molecule has 0 aliphatic heterocycles. The number of carbonyl (C=O) groups is 1. The molecule has 1 amide bonds. The Hall–Kier alpha value is -1.95. The third-order valence-electron chi connectivity index (χ3n) is 2.89. The zero-order valence-corrected chi connectivity index (χ0v) is 10.4. The molecule has 0 bridgehead atoms. The van der Waals surface area contributed by atoms with Crippen LogP contribution in [0.15, 0.2) is 24.8 Å². The summed E-state index contributed by atoms with van der Waals surface area (Å²) in [7, 11) is 0. The molecule has 1 atom stereocenters. The highest BCUT2D eigenvalue weighted by Crippen LogP contribution is 2.10. The van der Waals surface area contributed by atoms with Crippen LogP contribution < -0.4 is 5.32 Å². The molecule has 2 aromatic rings. The van der Waals surface area contributed by atoms with E-state index in [0.29, 0.717) is 11.1 Å². The number of hydrogen-bond donors (Lipinski definition) is 2. The summed E-state index contributed by atoms with van der Waals surface area (Å²) in [6, 6.07) is -0.260. The van der Waals surface area contributed by atoms with Crippen molar-refractivity contribution >= 4 is 11.4 Å². The minimum atomic E-state index is -0.260. The van der Waals surface area contributed by atoms with Gasteiger partial charge >= 0.3 is 0 Å². The molecule has 0 aliphatic rings. The number of aliphatic hydroxyl groups excluding tert-OH is 1. The van der Waals surface area contributed by atoms with Gasteiger partial charge in [0.15, 0.2) is 0 Å². The van der Waals surface area contributed by atoms with E-state index < -0.39 is 0 Å². The Morgan fingerprint density at radius 2 is 2.28 bits per heavy atom. The molecule has 2 aromatic heterocycles. The molecule has 0 unspecified atom stereocenters. The van der Waals surface area contributed by atoms with Crippen LogP contribution in [0.3, 0.4) is 0 Å². The highest BCUT2D eigenvalue weighted by molar-refractivity contribution is 6.00. The van der Waals surface area contributed by atoms with Crippen molar-refractivity contribution in [2.75, 3.05) is 6.61 Å². The molecule has 0 radical (unpaired) electrons. The Bertz CT molecular complexity index is 550. The smallest absolute Gasteiger partial charge is 0.255 e. The number of nitrogens with zero attached hydrogens (tertiary/aromatic N) is 3. The van der Waals surface area contributed by atoms with Crippen molar-refractivity contribution < 1.29 is 9.90 Å². The lowest BCUT2D eigenvalue weighted by Gasteiger charge is -2.19. The fourth-order valence-electron chi connectivity index (χ4n) is 1.68. The highest BCUT2D eigenvalue weighted by atomic mass is 16.3. The second-order valence-electron chi connectivity index (χ2n) is 4.47. The van der Waals surface area contributed by atoms with Crippen LogP contribution in [0.2, 0.25) is 0 Å². The Labute approximate surface area is 105 Å². The molecule has 6 nitrogen and oxygen atoms in total. The summed E-state index contributed by atoms with van der Waals surface area (Å²) >= 11 is 0. The normalized spacial score (nSPS) is 12.9.